The fourth-order valence-corrected chi connectivity index (χ4v) is 4.68. The largest absolute Gasteiger partial charge is 0.381 e. The van der Waals surface area contributed by atoms with Crippen LogP contribution in [-0.4, -0.2) is 49.7 Å². The highest BCUT2D eigenvalue weighted by molar-refractivity contribution is 7.89. The van der Waals surface area contributed by atoms with Gasteiger partial charge in [0.2, 0.25) is 10.0 Å². The summed E-state index contributed by atoms with van der Waals surface area (Å²) < 4.78 is 31.7. The summed E-state index contributed by atoms with van der Waals surface area (Å²) in [5, 5.41) is -0.147. The predicted octanol–water partition coefficient (Wildman–Crippen LogP) is 1.44. The molecule has 0 aromatic heterocycles. The van der Waals surface area contributed by atoms with Crippen LogP contribution in [0.15, 0.2) is 0 Å². The molecule has 4 nitrogen and oxygen atoms in total. The van der Waals surface area contributed by atoms with Crippen LogP contribution in [0, 0.1) is 5.92 Å². The van der Waals surface area contributed by atoms with Gasteiger partial charge in [0.25, 0.3) is 0 Å². The molecule has 100 valence electrons. The topological polar surface area (TPSA) is 46.6 Å². The van der Waals surface area contributed by atoms with Gasteiger partial charge in [-0.2, -0.15) is 0 Å². The molecule has 2 atom stereocenters. The van der Waals surface area contributed by atoms with Gasteiger partial charge in [-0.05, 0) is 25.2 Å². The van der Waals surface area contributed by atoms with Gasteiger partial charge in [-0.1, -0.05) is 6.92 Å². The van der Waals surface area contributed by atoms with Crippen LogP contribution >= 0.6 is 11.6 Å². The molecule has 2 unspecified atom stereocenters. The Kier molecular flexibility index (Phi) is 4.34. The fourth-order valence-electron chi connectivity index (χ4n) is 2.49. The first-order valence-corrected chi connectivity index (χ1v) is 8.16. The third-order valence-electron chi connectivity index (χ3n) is 3.71. The Morgan fingerprint density at radius 3 is 2.47 bits per heavy atom. The fraction of sp³-hybridized carbons (Fsp3) is 1.00. The van der Waals surface area contributed by atoms with Crippen LogP contribution in [-0.2, 0) is 14.8 Å². The maximum Gasteiger partial charge on any atom is 0.217 e. The van der Waals surface area contributed by atoms with Crippen LogP contribution < -0.4 is 0 Å². The van der Waals surface area contributed by atoms with Crippen molar-refractivity contribution in [3.05, 3.63) is 0 Å². The number of sulfonamides is 1. The second-order valence-electron chi connectivity index (χ2n) is 5.00. The van der Waals surface area contributed by atoms with E-state index in [1.165, 1.54) is 0 Å². The lowest BCUT2D eigenvalue weighted by Gasteiger charge is -2.36. The lowest BCUT2D eigenvalue weighted by Crippen LogP contribution is -2.48. The van der Waals surface area contributed by atoms with E-state index in [1.54, 1.807) is 4.31 Å². The summed E-state index contributed by atoms with van der Waals surface area (Å²) in [6.07, 6.45) is 2.00. The van der Waals surface area contributed by atoms with Crippen LogP contribution in [0.5, 0.6) is 0 Å². The lowest BCUT2D eigenvalue weighted by atomic mass is 10.0. The van der Waals surface area contributed by atoms with Gasteiger partial charge in [0.05, 0.1) is 5.25 Å². The summed E-state index contributed by atoms with van der Waals surface area (Å²) in [5.41, 5.74) is 0. The Morgan fingerprint density at radius 2 is 1.88 bits per heavy atom. The molecule has 17 heavy (non-hydrogen) atoms. The molecular formula is C11H20ClNO3S. The van der Waals surface area contributed by atoms with Gasteiger partial charge < -0.3 is 4.74 Å². The summed E-state index contributed by atoms with van der Waals surface area (Å²) in [6.45, 7) is 4.27. The van der Waals surface area contributed by atoms with E-state index >= 15 is 0 Å². The summed E-state index contributed by atoms with van der Waals surface area (Å²) in [6, 6.07) is 0. The zero-order chi connectivity index (χ0) is 12.5. The zero-order valence-electron chi connectivity index (χ0n) is 10.1. The van der Waals surface area contributed by atoms with Crippen molar-refractivity contribution in [2.45, 2.75) is 36.8 Å². The van der Waals surface area contributed by atoms with E-state index in [0.717, 1.165) is 6.42 Å². The number of alkyl halides is 1. The van der Waals surface area contributed by atoms with Crippen molar-refractivity contribution < 1.29 is 13.2 Å². The smallest absolute Gasteiger partial charge is 0.217 e. The maximum atomic E-state index is 12.4. The van der Waals surface area contributed by atoms with E-state index in [2.05, 4.69) is 0 Å². The minimum absolute atomic E-state index is 0.108. The minimum Gasteiger partial charge on any atom is -0.381 e. The Hall–Kier alpha value is 0.160. The Labute approximate surface area is 108 Å². The standard InChI is InChI=1S/C11H20ClNO3S/c1-9-8-13(5-2-11(9)12)17(14,15)10-3-6-16-7-4-10/h9-11H,2-8H2,1H3. The molecule has 0 amide bonds. The molecule has 2 heterocycles. The van der Waals surface area contributed by atoms with E-state index < -0.39 is 10.0 Å². The average Bonchev–Trinajstić information content (AvgIpc) is 2.33. The molecule has 0 aliphatic carbocycles. The number of ether oxygens (including phenoxy) is 1. The second kappa shape index (κ2) is 5.43. The number of rotatable bonds is 2. The Balaban J connectivity index is 2.04. The summed E-state index contributed by atoms with van der Waals surface area (Å²) in [5.74, 6) is 0.236. The van der Waals surface area contributed by atoms with E-state index in [9.17, 15) is 8.42 Å². The number of hydrogen-bond acceptors (Lipinski definition) is 3. The average molecular weight is 282 g/mol. The molecular weight excluding hydrogens is 262 g/mol. The first-order valence-electron chi connectivity index (χ1n) is 6.22. The lowest BCUT2D eigenvalue weighted by molar-refractivity contribution is 0.0967. The molecule has 6 heteroatoms. The van der Waals surface area contributed by atoms with E-state index in [1.807, 2.05) is 6.92 Å². The molecule has 2 aliphatic heterocycles. The number of halogens is 1. The Morgan fingerprint density at radius 1 is 1.24 bits per heavy atom. The van der Waals surface area contributed by atoms with Crippen LogP contribution in [0.4, 0.5) is 0 Å². The van der Waals surface area contributed by atoms with Crippen molar-refractivity contribution in [2.75, 3.05) is 26.3 Å². The molecule has 2 fully saturated rings. The maximum absolute atomic E-state index is 12.4. The minimum atomic E-state index is -3.15. The van der Waals surface area contributed by atoms with Crippen molar-refractivity contribution in [2.24, 2.45) is 5.92 Å². The van der Waals surface area contributed by atoms with Gasteiger partial charge in [-0.25, -0.2) is 12.7 Å². The van der Waals surface area contributed by atoms with Crippen molar-refractivity contribution >= 4 is 21.6 Å². The highest BCUT2D eigenvalue weighted by Gasteiger charge is 2.37. The Bertz CT molecular complexity index is 354. The monoisotopic (exact) mass is 281 g/mol. The first kappa shape index (κ1) is 13.6. The van der Waals surface area contributed by atoms with Crippen LogP contribution in [0.1, 0.15) is 26.2 Å². The van der Waals surface area contributed by atoms with Gasteiger partial charge in [0.1, 0.15) is 0 Å². The summed E-state index contributed by atoms with van der Waals surface area (Å²) in [4.78, 5) is 0. The van der Waals surface area contributed by atoms with Crippen LogP contribution in [0.3, 0.4) is 0 Å². The quantitative estimate of drug-likeness (QED) is 0.720. The highest BCUT2D eigenvalue weighted by Crippen LogP contribution is 2.27. The van der Waals surface area contributed by atoms with Crippen molar-refractivity contribution in [3.8, 4) is 0 Å². The highest BCUT2D eigenvalue weighted by atomic mass is 35.5. The molecule has 0 N–H and O–H groups in total. The zero-order valence-corrected chi connectivity index (χ0v) is 11.7. The normalized spacial score (nSPS) is 33.8. The van der Waals surface area contributed by atoms with Gasteiger partial charge in [-0.3, -0.25) is 0 Å². The molecule has 0 radical (unpaired) electrons. The summed E-state index contributed by atoms with van der Waals surface area (Å²) in [7, 11) is -3.15. The number of piperidine rings is 1. The molecule has 0 spiro atoms. The molecule has 0 bridgehead atoms. The molecule has 2 aliphatic rings. The van der Waals surface area contributed by atoms with Crippen molar-refractivity contribution in [1.29, 1.82) is 0 Å². The van der Waals surface area contributed by atoms with E-state index in [0.29, 0.717) is 39.1 Å². The number of hydrogen-bond donors (Lipinski definition) is 0. The van der Waals surface area contributed by atoms with Gasteiger partial charge >= 0.3 is 0 Å². The molecule has 0 saturated carbocycles. The molecule has 0 aromatic rings. The number of nitrogens with zero attached hydrogens (tertiary/aromatic N) is 1. The van der Waals surface area contributed by atoms with Crippen LogP contribution in [0.2, 0.25) is 0 Å². The van der Waals surface area contributed by atoms with Gasteiger partial charge in [0.15, 0.2) is 0 Å². The molecule has 2 saturated heterocycles. The molecule has 2 rings (SSSR count). The third kappa shape index (κ3) is 2.95. The van der Waals surface area contributed by atoms with Crippen LogP contribution in [0.25, 0.3) is 0 Å². The van der Waals surface area contributed by atoms with Gasteiger partial charge in [0, 0.05) is 31.7 Å². The predicted molar refractivity (Wildman–Crippen MR) is 67.8 cm³/mol. The van der Waals surface area contributed by atoms with Crippen molar-refractivity contribution in [1.82, 2.24) is 4.31 Å². The first-order chi connectivity index (χ1) is 8.01. The van der Waals surface area contributed by atoms with Crippen molar-refractivity contribution in [3.63, 3.8) is 0 Å². The van der Waals surface area contributed by atoms with E-state index in [4.69, 9.17) is 16.3 Å². The van der Waals surface area contributed by atoms with E-state index in [-0.39, 0.29) is 16.5 Å². The summed E-state index contributed by atoms with van der Waals surface area (Å²) >= 11 is 6.13. The molecule has 0 aromatic carbocycles. The van der Waals surface area contributed by atoms with Gasteiger partial charge in [-0.15, -0.1) is 11.6 Å². The second-order valence-corrected chi connectivity index (χ2v) is 7.77. The third-order valence-corrected chi connectivity index (χ3v) is 6.73. The SMILES string of the molecule is CC1CN(S(=O)(=O)C2CCOCC2)CCC1Cl.